The van der Waals surface area contributed by atoms with Crippen LogP contribution in [0.5, 0.6) is 0 Å². The first-order valence-corrected chi connectivity index (χ1v) is 6.45. The van der Waals surface area contributed by atoms with Crippen LogP contribution in [-0.2, 0) is 4.79 Å². The minimum absolute atomic E-state index is 0.0265. The second-order valence-electron chi connectivity index (χ2n) is 5.03. The van der Waals surface area contributed by atoms with E-state index in [4.69, 9.17) is 0 Å². The average molecular weight is 247 g/mol. The summed E-state index contributed by atoms with van der Waals surface area (Å²) in [5.41, 5.74) is 2.08. The molecule has 0 saturated carbocycles. The molecule has 0 spiro atoms. The van der Waals surface area contributed by atoms with Gasteiger partial charge in [-0.3, -0.25) is 4.79 Å². The Kier molecular flexibility index (Phi) is 4.20. The molecule has 0 unspecified atom stereocenters. The van der Waals surface area contributed by atoms with Gasteiger partial charge in [0.15, 0.2) is 0 Å². The lowest BCUT2D eigenvalue weighted by Gasteiger charge is -2.18. The number of carbonyl (C=O) groups excluding carboxylic acids is 1. The maximum atomic E-state index is 11.7. The fourth-order valence-corrected chi connectivity index (χ4v) is 2.24. The first-order valence-electron chi connectivity index (χ1n) is 6.45. The summed E-state index contributed by atoms with van der Waals surface area (Å²) in [4.78, 5) is 15.9. The monoisotopic (exact) mass is 247 g/mol. The van der Waals surface area contributed by atoms with Crippen molar-refractivity contribution in [2.24, 2.45) is 0 Å². The van der Waals surface area contributed by atoms with Crippen molar-refractivity contribution in [3.63, 3.8) is 0 Å². The number of rotatable bonds is 4. The van der Waals surface area contributed by atoms with Crippen molar-refractivity contribution in [3.8, 4) is 0 Å². The Morgan fingerprint density at radius 1 is 1.33 bits per heavy atom. The van der Waals surface area contributed by atoms with Gasteiger partial charge in [0.2, 0.25) is 5.91 Å². The minimum Gasteiger partial charge on any atom is -0.371 e. The van der Waals surface area contributed by atoms with Crippen LogP contribution in [-0.4, -0.2) is 44.5 Å². The molecule has 1 amide bonds. The lowest BCUT2D eigenvalue weighted by molar-refractivity contribution is -0.116. The zero-order valence-electron chi connectivity index (χ0n) is 11.1. The molecule has 18 heavy (non-hydrogen) atoms. The molecule has 1 aliphatic rings. The van der Waals surface area contributed by atoms with Gasteiger partial charge in [-0.25, -0.2) is 0 Å². The van der Waals surface area contributed by atoms with Gasteiger partial charge in [-0.15, -0.1) is 0 Å². The molecule has 0 radical (unpaired) electrons. The highest BCUT2D eigenvalue weighted by Crippen LogP contribution is 2.23. The van der Waals surface area contributed by atoms with Gasteiger partial charge in [-0.05, 0) is 45.1 Å². The van der Waals surface area contributed by atoms with Crippen molar-refractivity contribution >= 4 is 17.3 Å². The van der Waals surface area contributed by atoms with Gasteiger partial charge in [0.1, 0.15) is 0 Å². The number of anilines is 2. The lowest BCUT2D eigenvalue weighted by atomic mass is 10.2. The summed E-state index contributed by atoms with van der Waals surface area (Å²) >= 11 is 0. The summed E-state index contributed by atoms with van der Waals surface area (Å²) in [6, 6.07) is 8.10. The molecular weight excluding hydrogens is 226 g/mol. The van der Waals surface area contributed by atoms with Crippen molar-refractivity contribution < 1.29 is 4.79 Å². The van der Waals surface area contributed by atoms with Crippen molar-refractivity contribution in [2.45, 2.75) is 12.8 Å². The highest BCUT2D eigenvalue weighted by Gasteiger charge is 2.12. The lowest BCUT2D eigenvalue weighted by Crippen LogP contribution is -2.27. The van der Waals surface area contributed by atoms with Crippen LogP contribution in [0.2, 0.25) is 0 Å². The van der Waals surface area contributed by atoms with Crippen LogP contribution in [0.4, 0.5) is 11.4 Å². The Bertz CT molecular complexity index is 411. The van der Waals surface area contributed by atoms with E-state index < -0.39 is 0 Å². The van der Waals surface area contributed by atoms with Gasteiger partial charge >= 0.3 is 0 Å². The number of carbonyl (C=O) groups is 1. The molecule has 2 rings (SSSR count). The summed E-state index contributed by atoms with van der Waals surface area (Å²) in [6.07, 6.45) is 2.52. The van der Waals surface area contributed by atoms with Crippen molar-refractivity contribution in [2.75, 3.05) is 43.9 Å². The number of amides is 1. The molecule has 1 saturated heterocycles. The fourth-order valence-electron chi connectivity index (χ4n) is 2.24. The SMILES string of the molecule is CN(C)CC(=O)Nc1cccc(N2CCCC2)c1. The highest BCUT2D eigenvalue weighted by atomic mass is 16.2. The van der Waals surface area contributed by atoms with E-state index >= 15 is 0 Å². The molecule has 98 valence electrons. The number of nitrogens with zero attached hydrogens (tertiary/aromatic N) is 2. The quantitative estimate of drug-likeness (QED) is 0.881. The van der Waals surface area contributed by atoms with Gasteiger partial charge < -0.3 is 15.1 Å². The molecule has 0 bridgehead atoms. The van der Waals surface area contributed by atoms with E-state index in [0.29, 0.717) is 6.54 Å². The first kappa shape index (κ1) is 12.9. The third-order valence-electron chi connectivity index (χ3n) is 3.06. The van der Waals surface area contributed by atoms with Gasteiger partial charge in [0, 0.05) is 24.5 Å². The van der Waals surface area contributed by atoms with Gasteiger partial charge in [-0.1, -0.05) is 6.07 Å². The Morgan fingerprint density at radius 3 is 2.72 bits per heavy atom. The average Bonchev–Trinajstić information content (AvgIpc) is 2.81. The molecule has 1 heterocycles. The number of likely N-dealkylation sites (N-methyl/N-ethyl adjacent to an activating group) is 1. The topological polar surface area (TPSA) is 35.6 Å². The molecule has 0 aromatic heterocycles. The van der Waals surface area contributed by atoms with Gasteiger partial charge in [0.05, 0.1) is 6.54 Å². The second-order valence-corrected chi connectivity index (χ2v) is 5.03. The third-order valence-corrected chi connectivity index (χ3v) is 3.06. The standard InChI is InChI=1S/C14H21N3O/c1-16(2)11-14(18)15-12-6-5-7-13(10-12)17-8-3-4-9-17/h5-7,10H,3-4,8-9,11H2,1-2H3,(H,15,18). The highest BCUT2D eigenvalue weighted by molar-refractivity contribution is 5.92. The first-order chi connectivity index (χ1) is 8.65. The van der Waals surface area contributed by atoms with E-state index in [9.17, 15) is 4.79 Å². The summed E-state index contributed by atoms with van der Waals surface area (Å²) in [6.45, 7) is 2.65. The molecule has 1 aromatic carbocycles. The Morgan fingerprint density at radius 2 is 2.06 bits per heavy atom. The predicted octanol–water partition coefficient (Wildman–Crippen LogP) is 1.79. The molecule has 1 aromatic rings. The third kappa shape index (κ3) is 3.47. The summed E-state index contributed by atoms with van der Waals surface area (Å²) in [5.74, 6) is 0.0265. The summed E-state index contributed by atoms with van der Waals surface area (Å²) in [7, 11) is 3.78. The van der Waals surface area contributed by atoms with Crippen LogP contribution in [0.15, 0.2) is 24.3 Å². The number of nitrogens with one attached hydrogen (secondary N) is 1. The van der Waals surface area contributed by atoms with Crippen LogP contribution in [0, 0.1) is 0 Å². The molecule has 4 heteroatoms. The van der Waals surface area contributed by atoms with Crippen molar-refractivity contribution in [1.29, 1.82) is 0 Å². The summed E-state index contributed by atoms with van der Waals surface area (Å²) in [5, 5.41) is 2.93. The maximum Gasteiger partial charge on any atom is 0.238 e. The van der Waals surface area contributed by atoms with Crippen LogP contribution in [0.25, 0.3) is 0 Å². The Balaban J connectivity index is 2.00. The Labute approximate surface area is 109 Å². The van der Waals surface area contributed by atoms with E-state index in [1.54, 1.807) is 0 Å². The largest absolute Gasteiger partial charge is 0.371 e. The predicted molar refractivity (Wildman–Crippen MR) is 75.1 cm³/mol. The zero-order chi connectivity index (χ0) is 13.0. The molecular formula is C14H21N3O. The molecule has 1 fully saturated rings. The summed E-state index contributed by atoms with van der Waals surface area (Å²) < 4.78 is 0. The minimum atomic E-state index is 0.0265. The smallest absolute Gasteiger partial charge is 0.238 e. The van der Waals surface area contributed by atoms with Gasteiger partial charge in [0.25, 0.3) is 0 Å². The molecule has 1 N–H and O–H groups in total. The van der Waals surface area contributed by atoms with Crippen molar-refractivity contribution in [1.82, 2.24) is 4.90 Å². The normalized spacial score (nSPS) is 15.2. The maximum absolute atomic E-state index is 11.7. The van der Waals surface area contributed by atoms with E-state index in [-0.39, 0.29) is 5.91 Å². The molecule has 1 aliphatic heterocycles. The van der Waals surface area contributed by atoms with Gasteiger partial charge in [-0.2, -0.15) is 0 Å². The van der Waals surface area contributed by atoms with Crippen molar-refractivity contribution in [3.05, 3.63) is 24.3 Å². The number of hydrogen-bond acceptors (Lipinski definition) is 3. The van der Waals surface area contributed by atoms with Crippen LogP contribution in [0.1, 0.15) is 12.8 Å². The van der Waals surface area contributed by atoms with Crippen LogP contribution in [0.3, 0.4) is 0 Å². The van der Waals surface area contributed by atoms with Crippen LogP contribution < -0.4 is 10.2 Å². The van der Waals surface area contributed by atoms with Crippen LogP contribution >= 0.6 is 0 Å². The zero-order valence-corrected chi connectivity index (χ0v) is 11.1. The fraction of sp³-hybridized carbons (Fsp3) is 0.500. The van der Waals surface area contributed by atoms with E-state index in [1.165, 1.54) is 18.5 Å². The van der Waals surface area contributed by atoms with E-state index in [2.05, 4.69) is 22.3 Å². The van der Waals surface area contributed by atoms with E-state index in [0.717, 1.165) is 18.8 Å². The molecule has 0 aliphatic carbocycles. The second kappa shape index (κ2) is 5.87. The Hall–Kier alpha value is -1.55. The number of hydrogen-bond donors (Lipinski definition) is 1. The molecule has 0 atom stereocenters. The van der Waals surface area contributed by atoms with E-state index in [1.807, 2.05) is 31.1 Å². The number of benzene rings is 1. The molecule has 4 nitrogen and oxygen atoms in total.